The van der Waals surface area contributed by atoms with Crippen LogP contribution in [0.5, 0.6) is 5.75 Å². The first-order valence-corrected chi connectivity index (χ1v) is 9.85. The van der Waals surface area contributed by atoms with Gasteiger partial charge in [-0.1, -0.05) is 42.5 Å². The zero-order valence-electron chi connectivity index (χ0n) is 15.8. The standard InChI is InChI=1S/C22H21N3O2S/c1-26-13-19-24-21(23-12-15-8-10-17(27-2)11-9-15)20-18(14-28-22(20)25-19)16-6-4-3-5-7-16/h3-11,14H,12-13H2,1-2H3,(H,23,24,25). The van der Waals surface area contributed by atoms with Crippen molar-refractivity contribution >= 4 is 27.4 Å². The largest absolute Gasteiger partial charge is 0.497 e. The quantitative estimate of drug-likeness (QED) is 0.473. The van der Waals surface area contributed by atoms with Crippen LogP contribution < -0.4 is 10.1 Å². The smallest absolute Gasteiger partial charge is 0.158 e. The summed E-state index contributed by atoms with van der Waals surface area (Å²) in [5.74, 6) is 2.35. The minimum Gasteiger partial charge on any atom is -0.497 e. The van der Waals surface area contributed by atoms with Gasteiger partial charge in [0.1, 0.15) is 23.0 Å². The number of fused-ring (bicyclic) bond motifs is 1. The van der Waals surface area contributed by atoms with E-state index in [9.17, 15) is 0 Å². The summed E-state index contributed by atoms with van der Waals surface area (Å²) < 4.78 is 10.5. The Morgan fingerprint density at radius 1 is 0.964 bits per heavy atom. The van der Waals surface area contributed by atoms with Crippen LogP contribution in [0.1, 0.15) is 11.4 Å². The van der Waals surface area contributed by atoms with E-state index >= 15 is 0 Å². The van der Waals surface area contributed by atoms with Crippen LogP contribution in [0.2, 0.25) is 0 Å². The maximum absolute atomic E-state index is 5.25. The molecule has 0 bridgehead atoms. The maximum atomic E-state index is 5.25. The van der Waals surface area contributed by atoms with E-state index in [4.69, 9.17) is 14.5 Å². The lowest BCUT2D eigenvalue weighted by Crippen LogP contribution is -2.06. The van der Waals surface area contributed by atoms with Crippen molar-refractivity contribution in [1.82, 2.24) is 9.97 Å². The second-order valence-electron chi connectivity index (χ2n) is 6.32. The molecule has 0 aliphatic heterocycles. The first-order chi connectivity index (χ1) is 13.8. The average Bonchev–Trinajstić information content (AvgIpc) is 3.17. The van der Waals surface area contributed by atoms with Gasteiger partial charge in [0.2, 0.25) is 0 Å². The summed E-state index contributed by atoms with van der Waals surface area (Å²) in [6.45, 7) is 1.04. The highest BCUT2D eigenvalue weighted by Gasteiger charge is 2.15. The number of rotatable bonds is 7. The fourth-order valence-corrected chi connectivity index (χ4v) is 4.03. The summed E-state index contributed by atoms with van der Waals surface area (Å²) in [5.41, 5.74) is 3.45. The molecule has 142 valence electrons. The van der Waals surface area contributed by atoms with Gasteiger partial charge in [0.25, 0.3) is 0 Å². The van der Waals surface area contributed by atoms with Crippen molar-refractivity contribution in [3.8, 4) is 16.9 Å². The fourth-order valence-electron chi connectivity index (χ4n) is 3.07. The summed E-state index contributed by atoms with van der Waals surface area (Å²) in [4.78, 5) is 10.4. The molecule has 2 heterocycles. The van der Waals surface area contributed by atoms with Gasteiger partial charge in [-0.05, 0) is 23.3 Å². The van der Waals surface area contributed by atoms with Gasteiger partial charge in [0.05, 0.1) is 12.5 Å². The van der Waals surface area contributed by atoms with Crippen molar-refractivity contribution in [2.24, 2.45) is 0 Å². The second kappa shape index (κ2) is 8.37. The molecule has 0 spiro atoms. The predicted octanol–water partition coefficient (Wildman–Crippen LogP) is 5.13. The van der Waals surface area contributed by atoms with Crippen molar-refractivity contribution in [2.75, 3.05) is 19.5 Å². The van der Waals surface area contributed by atoms with Gasteiger partial charge in [-0.25, -0.2) is 9.97 Å². The Morgan fingerprint density at radius 2 is 1.75 bits per heavy atom. The van der Waals surface area contributed by atoms with Gasteiger partial charge < -0.3 is 14.8 Å². The summed E-state index contributed by atoms with van der Waals surface area (Å²) >= 11 is 1.63. The molecule has 0 amide bonds. The molecule has 0 aliphatic carbocycles. The maximum Gasteiger partial charge on any atom is 0.158 e. The molecule has 0 saturated carbocycles. The van der Waals surface area contributed by atoms with E-state index in [2.05, 4.69) is 27.8 Å². The molecular weight excluding hydrogens is 370 g/mol. The number of benzene rings is 2. The number of aromatic nitrogens is 2. The third-order valence-corrected chi connectivity index (χ3v) is 5.33. The first kappa shape index (κ1) is 18.4. The number of ether oxygens (including phenoxy) is 2. The van der Waals surface area contributed by atoms with Crippen LogP contribution in [-0.4, -0.2) is 24.2 Å². The number of thiophene rings is 1. The number of methoxy groups -OCH3 is 2. The highest BCUT2D eigenvalue weighted by Crippen LogP contribution is 2.37. The first-order valence-electron chi connectivity index (χ1n) is 8.97. The molecule has 4 rings (SSSR count). The van der Waals surface area contributed by atoms with Crippen LogP contribution in [0, 0.1) is 0 Å². The molecular formula is C22H21N3O2S. The van der Waals surface area contributed by atoms with Gasteiger partial charge in [0.15, 0.2) is 5.82 Å². The Bertz CT molecular complexity index is 1060. The monoisotopic (exact) mass is 391 g/mol. The molecule has 0 saturated heterocycles. The zero-order chi connectivity index (χ0) is 19.3. The number of hydrogen-bond donors (Lipinski definition) is 1. The minimum absolute atomic E-state index is 0.381. The molecule has 0 fully saturated rings. The topological polar surface area (TPSA) is 56.3 Å². The lowest BCUT2D eigenvalue weighted by Gasteiger charge is -2.11. The Balaban J connectivity index is 1.72. The predicted molar refractivity (Wildman–Crippen MR) is 114 cm³/mol. The molecule has 0 unspecified atom stereocenters. The normalized spacial score (nSPS) is 10.9. The number of nitrogens with one attached hydrogen (secondary N) is 1. The highest BCUT2D eigenvalue weighted by atomic mass is 32.1. The Morgan fingerprint density at radius 3 is 2.46 bits per heavy atom. The average molecular weight is 391 g/mol. The van der Waals surface area contributed by atoms with E-state index in [1.807, 2.05) is 42.5 Å². The fraction of sp³-hybridized carbons (Fsp3) is 0.182. The minimum atomic E-state index is 0.381. The van der Waals surface area contributed by atoms with E-state index in [0.29, 0.717) is 19.0 Å². The second-order valence-corrected chi connectivity index (χ2v) is 7.18. The van der Waals surface area contributed by atoms with Gasteiger partial charge >= 0.3 is 0 Å². The SMILES string of the molecule is COCc1nc(NCc2ccc(OC)cc2)c2c(-c3ccccc3)csc2n1. The zero-order valence-corrected chi connectivity index (χ0v) is 16.6. The highest BCUT2D eigenvalue weighted by molar-refractivity contribution is 7.17. The van der Waals surface area contributed by atoms with Crippen molar-refractivity contribution in [3.05, 3.63) is 71.4 Å². The van der Waals surface area contributed by atoms with Crippen LogP contribution >= 0.6 is 11.3 Å². The van der Waals surface area contributed by atoms with Crippen LogP contribution in [0.15, 0.2) is 60.0 Å². The Labute approximate surface area is 168 Å². The number of anilines is 1. The van der Waals surface area contributed by atoms with Crippen molar-refractivity contribution < 1.29 is 9.47 Å². The Hall–Kier alpha value is -2.96. The molecule has 0 aliphatic rings. The molecule has 1 N–H and O–H groups in total. The van der Waals surface area contributed by atoms with Crippen LogP contribution in [0.25, 0.3) is 21.3 Å². The lowest BCUT2D eigenvalue weighted by atomic mass is 10.1. The Kier molecular flexibility index (Phi) is 5.50. The molecule has 5 nitrogen and oxygen atoms in total. The van der Waals surface area contributed by atoms with Gasteiger partial charge in [0, 0.05) is 24.6 Å². The van der Waals surface area contributed by atoms with E-state index in [0.717, 1.165) is 38.5 Å². The summed E-state index contributed by atoms with van der Waals surface area (Å²) in [5, 5.41) is 6.68. The third kappa shape index (κ3) is 3.83. The van der Waals surface area contributed by atoms with Crippen molar-refractivity contribution in [1.29, 1.82) is 0 Å². The van der Waals surface area contributed by atoms with Crippen LogP contribution in [0.3, 0.4) is 0 Å². The summed E-state index contributed by atoms with van der Waals surface area (Å²) in [6.07, 6.45) is 0. The molecule has 2 aromatic heterocycles. The molecule has 28 heavy (non-hydrogen) atoms. The molecule has 0 radical (unpaired) electrons. The number of hydrogen-bond acceptors (Lipinski definition) is 6. The van der Waals surface area contributed by atoms with Crippen molar-refractivity contribution in [2.45, 2.75) is 13.2 Å². The van der Waals surface area contributed by atoms with Gasteiger partial charge in [-0.3, -0.25) is 0 Å². The summed E-state index contributed by atoms with van der Waals surface area (Å²) in [6, 6.07) is 18.3. The molecule has 0 atom stereocenters. The van der Waals surface area contributed by atoms with E-state index in [-0.39, 0.29) is 0 Å². The molecule has 2 aromatic carbocycles. The molecule has 4 aromatic rings. The van der Waals surface area contributed by atoms with Crippen LogP contribution in [-0.2, 0) is 17.9 Å². The van der Waals surface area contributed by atoms with E-state index in [1.165, 1.54) is 0 Å². The number of nitrogens with zero attached hydrogens (tertiary/aromatic N) is 2. The van der Waals surface area contributed by atoms with E-state index in [1.54, 1.807) is 25.6 Å². The summed E-state index contributed by atoms with van der Waals surface area (Å²) in [7, 11) is 3.33. The van der Waals surface area contributed by atoms with Gasteiger partial charge in [-0.2, -0.15) is 0 Å². The van der Waals surface area contributed by atoms with Crippen LogP contribution in [0.4, 0.5) is 5.82 Å². The van der Waals surface area contributed by atoms with Crippen molar-refractivity contribution in [3.63, 3.8) is 0 Å². The third-order valence-electron chi connectivity index (χ3n) is 4.46. The van der Waals surface area contributed by atoms with Gasteiger partial charge in [-0.15, -0.1) is 11.3 Å². The molecule has 6 heteroatoms. The lowest BCUT2D eigenvalue weighted by molar-refractivity contribution is 0.178. The van der Waals surface area contributed by atoms with E-state index < -0.39 is 0 Å².